The number of Topliss-reactive ketones (excluding diaryl/α,β-unsaturated/α-hetero) is 1. The van der Waals surface area contributed by atoms with Crippen molar-refractivity contribution in [3.63, 3.8) is 0 Å². The van der Waals surface area contributed by atoms with Crippen molar-refractivity contribution < 1.29 is 9.72 Å². The molecule has 0 saturated heterocycles. The van der Waals surface area contributed by atoms with Crippen molar-refractivity contribution in [3.8, 4) is 5.69 Å². The highest BCUT2D eigenvalue weighted by Crippen LogP contribution is 2.21. The van der Waals surface area contributed by atoms with E-state index in [2.05, 4.69) is 15.5 Å². The average Bonchev–Trinajstić information content (AvgIpc) is 2.83. The molecule has 0 fully saturated rings. The molecule has 0 unspecified atom stereocenters. The summed E-state index contributed by atoms with van der Waals surface area (Å²) in [5.74, 6) is -0.338. The number of nitroso groups, excluding NO2 is 1. The maximum atomic E-state index is 11.3. The van der Waals surface area contributed by atoms with Crippen LogP contribution in [0.2, 0.25) is 0 Å². The number of aromatic nitrogens is 2. The van der Waals surface area contributed by atoms with Gasteiger partial charge in [-0.2, -0.15) is 9.78 Å². The minimum atomic E-state index is -0.590. The van der Waals surface area contributed by atoms with Crippen molar-refractivity contribution in [3.05, 3.63) is 49.1 Å². The number of nitro benzene ring substituents is 1. The molecular weight excluding hydrogens is 286 g/mol. The number of carbonyl (C=O) groups excluding carboxylic acids is 1. The summed E-state index contributed by atoms with van der Waals surface area (Å²) >= 11 is 0.827. The molecule has 0 radical (unpaired) electrons. The second-order valence-corrected chi connectivity index (χ2v) is 4.54. The summed E-state index contributed by atoms with van der Waals surface area (Å²) in [6, 6.07) is 5.79. The van der Waals surface area contributed by atoms with Crippen molar-refractivity contribution in [1.29, 1.82) is 0 Å². The highest BCUT2D eigenvalue weighted by Gasteiger charge is 2.18. The number of benzene rings is 1. The van der Waals surface area contributed by atoms with E-state index < -0.39 is 4.92 Å². The first-order valence-electron chi connectivity index (χ1n) is 5.26. The molecule has 0 amide bonds. The highest BCUT2D eigenvalue weighted by molar-refractivity contribution is 7.10. The zero-order valence-electron chi connectivity index (χ0n) is 10.1. The monoisotopic (exact) mass is 293 g/mol. The van der Waals surface area contributed by atoms with E-state index in [1.807, 2.05) is 0 Å². The van der Waals surface area contributed by atoms with E-state index in [9.17, 15) is 19.8 Å². The molecule has 0 aliphatic carbocycles. The van der Waals surface area contributed by atoms with Gasteiger partial charge in [0.05, 0.1) is 10.2 Å². The van der Waals surface area contributed by atoms with Crippen LogP contribution in [0.5, 0.6) is 0 Å². The van der Waals surface area contributed by atoms with Gasteiger partial charge in [0, 0.05) is 13.0 Å². The lowest BCUT2D eigenvalue weighted by molar-refractivity contribution is -0.384. The number of hydrogen-bond acceptors (Lipinski definition) is 7. The van der Waals surface area contributed by atoms with Crippen molar-refractivity contribution >= 4 is 22.8 Å². The molecule has 0 spiro atoms. The first kappa shape index (κ1) is 13.7. The molecule has 20 heavy (non-hydrogen) atoms. The first-order valence-corrected chi connectivity index (χ1v) is 6.07. The van der Waals surface area contributed by atoms with Gasteiger partial charge in [0.2, 0.25) is 4.80 Å². The lowest BCUT2D eigenvalue weighted by Gasteiger charge is -2.01. The smallest absolute Gasteiger partial charge is 0.292 e. The molecule has 1 aromatic heterocycles. The van der Waals surface area contributed by atoms with Crippen LogP contribution >= 0.6 is 11.3 Å². The molecule has 1 aromatic carbocycles. The third kappa shape index (κ3) is 2.49. The van der Waals surface area contributed by atoms with Gasteiger partial charge in [-0.1, -0.05) is 28.6 Å². The molecule has 0 atom stereocenters. The number of carbonyl (C=O) groups is 1. The maximum Gasteiger partial charge on any atom is 0.294 e. The van der Waals surface area contributed by atoms with Crippen LogP contribution in [0.4, 0.5) is 5.69 Å². The predicted molar refractivity (Wildman–Crippen MR) is 69.5 cm³/mol. The van der Waals surface area contributed by atoms with Gasteiger partial charge >= 0.3 is 0 Å². The number of nitrogens with zero attached hydrogens (tertiary/aromatic N) is 5. The quantitative estimate of drug-likeness (QED) is 0.367. The summed E-state index contributed by atoms with van der Waals surface area (Å²) in [4.78, 5) is 32.0. The molecular formula is C10H7N5O4S. The van der Waals surface area contributed by atoms with Crippen LogP contribution in [-0.4, -0.2) is 20.5 Å². The number of hydrogen-bond donors (Lipinski definition) is 0. The van der Waals surface area contributed by atoms with Gasteiger partial charge in [-0.05, 0) is 6.07 Å². The van der Waals surface area contributed by atoms with Crippen LogP contribution in [0.25, 0.3) is 5.69 Å². The van der Waals surface area contributed by atoms with Gasteiger partial charge in [0.15, 0.2) is 10.8 Å². The molecule has 102 valence electrons. The van der Waals surface area contributed by atoms with Crippen LogP contribution in [-0.2, 0) is 0 Å². The molecule has 0 bridgehead atoms. The summed E-state index contributed by atoms with van der Waals surface area (Å²) in [5, 5.41) is 20.7. The first-order chi connectivity index (χ1) is 9.54. The van der Waals surface area contributed by atoms with Crippen LogP contribution in [0.3, 0.4) is 0 Å². The zero-order chi connectivity index (χ0) is 14.7. The van der Waals surface area contributed by atoms with Gasteiger partial charge in [-0.3, -0.25) is 14.9 Å². The second kappa shape index (κ2) is 5.48. The molecule has 0 saturated carbocycles. The Morgan fingerprint density at radius 1 is 1.45 bits per heavy atom. The second-order valence-electron chi connectivity index (χ2n) is 3.59. The van der Waals surface area contributed by atoms with Crippen molar-refractivity contribution in [2.75, 3.05) is 0 Å². The molecule has 0 aliphatic heterocycles. The van der Waals surface area contributed by atoms with E-state index >= 15 is 0 Å². The van der Waals surface area contributed by atoms with Gasteiger partial charge in [-0.25, -0.2) is 0 Å². The van der Waals surface area contributed by atoms with Gasteiger partial charge in [0.1, 0.15) is 5.69 Å². The summed E-state index contributed by atoms with van der Waals surface area (Å²) < 4.78 is 1.06. The van der Waals surface area contributed by atoms with Gasteiger partial charge in [-0.15, -0.1) is 4.91 Å². The fourth-order valence-electron chi connectivity index (χ4n) is 1.48. The van der Waals surface area contributed by atoms with Crippen molar-refractivity contribution in [2.24, 2.45) is 10.4 Å². The van der Waals surface area contributed by atoms with E-state index in [1.54, 1.807) is 6.07 Å². The Kier molecular flexibility index (Phi) is 3.75. The summed E-state index contributed by atoms with van der Waals surface area (Å²) in [6.45, 7) is 1.29. The molecule has 0 N–H and O–H groups in total. The SMILES string of the molecule is CC(=O)c1nn(-c2ccccc2[N+](=O)[O-])/c(=N\N=O)s1. The maximum absolute atomic E-state index is 11.3. The topological polar surface area (TPSA) is 120 Å². The molecule has 9 nitrogen and oxygen atoms in total. The van der Waals surface area contributed by atoms with Gasteiger partial charge < -0.3 is 0 Å². The molecule has 2 rings (SSSR count). The molecule has 2 aromatic rings. The van der Waals surface area contributed by atoms with E-state index in [1.165, 1.54) is 25.1 Å². The van der Waals surface area contributed by atoms with Crippen LogP contribution < -0.4 is 4.80 Å². The third-order valence-electron chi connectivity index (χ3n) is 2.29. The Morgan fingerprint density at radius 3 is 2.75 bits per heavy atom. The summed E-state index contributed by atoms with van der Waals surface area (Å²) in [5.41, 5.74) is -0.121. The lowest BCUT2D eigenvalue weighted by Crippen LogP contribution is -2.15. The Balaban J connectivity index is 2.75. The fourth-order valence-corrected chi connectivity index (χ4v) is 2.22. The average molecular weight is 293 g/mol. The number of nitro groups is 1. The Morgan fingerprint density at radius 2 is 2.15 bits per heavy atom. The van der Waals surface area contributed by atoms with E-state index in [-0.39, 0.29) is 27.0 Å². The highest BCUT2D eigenvalue weighted by atomic mass is 32.1. The normalized spacial score (nSPS) is 11.3. The number of ketones is 1. The van der Waals surface area contributed by atoms with E-state index in [0.29, 0.717) is 0 Å². The van der Waals surface area contributed by atoms with Crippen molar-refractivity contribution in [2.45, 2.75) is 6.92 Å². The minimum Gasteiger partial charge on any atom is -0.292 e. The van der Waals surface area contributed by atoms with Crippen LogP contribution in [0.1, 0.15) is 16.7 Å². The van der Waals surface area contributed by atoms with E-state index in [4.69, 9.17) is 0 Å². The fraction of sp³-hybridized carbons (Fsp3) is 0.100. The zero-order valence-corrected chi connectivity index (χ0v) is 10.9. The van der Waals surface area contributed by atoms with Crippen LogP contribution in [0, 0.1) is 15.0 Å². The van der Waals surface area contributed by atoms with Crippen LogP contribution in [0.15, 0.2) is 34.7 Å². The largest absolute Gasteiger partial charge is 0.294 e. The lowest BCUT2D eigenvalue weighted by atomic mass is 10.3. The Labute approximate surface area is 115 Å². The molecule has 1 heterocycles. The minimum absolute atomic E-state index is 0.0144. The molecule has 0 aliphatic rings. The number of para-hydroxylation sites is 2. The van der Waals surface area contributed by atoms with Gasteiger partial charge in [0.25, 0.3) is 5.69 Å². The summed E-state index contributed by atoms with van der Waals surface area (Å²) in [7, 11) is 0. The molecule has 10 heteroatoms. The Hall–Kier alpha value is -2.75. The Bertz CT molecular complexity index is 763. The van der Waals surface area contributed by atoms with Crippen molar-refractivity contribution in [1.82, 2.24) is 9.78 Å². The van der Waals surface area contributed by atoms with E-state index in [0.717, 1.165) is 16.0 Å². The number of rotatable bonds is 4. The third-order valence-corrected chi connectivity index (χ3v) is 3.29. The standard InChI is InChI=1S/C10H7N5O4S/c1-6(16)9-12-14(10(20-9)11-13-17)7-4-2-3-5-8(7)15(18)19/h2-5H,1H3/b11-10+. The predicted octanol–water partition coefficient (Wildman–Crippen LogP) is 1.63. The summed E-state index contributed by atoms with van der Waals surface area (Å²) in [6.07, 6.45) is 0.